The van der Waals surface area contributed by atoms with Crippen molar-refractivity contribution in [3.63, 3.8) is 0 Å². The van der Waals surface area contributed by atoms with Crippen molar-refractivity contribution in [1.82, 2.24) is 10.1 Å². The van der Waals surface area contributed by atoms with Crippen LogP contribution in [0.25, 0.3) is 0 Å². The molecule has 0 fully saturated rings. The number of nitrogens with zero attached hydrogens (tertiary/aromatic N) is 2. The number of hydrogen-bond acceptors (Lipinski definition) is 5. The summed E-state index contributed by atoms with van der Waals surface area (Å²) in [6.45, 7) is -0.345. The minimum absolute atomic E-state index is 0.325. The van der Waals surface area contributed by atoms with E-state index in [0.717, 1.165) is 41.8 Å². The van der Waals surface area contributed by atoms with Gasteiger partial charge in [0, 0.05) is 5.56 Å². The van der Waals surface area contributed by atoms with Gasteiger partial charge < -0.3 is 4.52 Å². The maximum absolute atomic E-state index is 12.3. The van der Waals surface area contributed by atoms with Gasteiger partial charge in [-0.2, -0.15) is 0 Å². The van der Waals surface area contributed by atoms with Gasteiger partial charge in [-0.25, -0.2) is 0 Å². The molecule has 0 radical (unpaired) electrons. The molecule has 3 amide bonds. The highest BCUT2D eigenvalue weighted by atomic mass is 16.5. The van der Waals surface area contributed by atoms with Crippen molar-refractivity contribution in [3.05, 3.63) is 46.6 Å². The molecule has 1 aromatic carbocycles. The van der Waals surface area contributed by atoms with Crippen LogP contribution in [-0.4, -0.2) is 34.3 Å². The number of benzene rings is 1. The molecule has 0 bridgehead atoms. The van der Waals surface area contributed by atoms with Gasteiger partial charge >= 0.3 is 0 Å². The Morgan fingerprint density at radius 2 is 1.79 bits per heavy atom. The molecule has 1 aliphatic heterocycles. The van der Waals surface area contributed by atoms with Crippen LogP contribution < -0.4 is 5.32 Å². The normalized spacial score (nSPS) is 16.1. The number of carbonyl (C=O) groups excluding carboxylic acids is 3. The number of rotatable bonds is 3. The number of fused-ring (bicyclic) bond motifs is 2. The molecule has 1 N–H and O–H groups in total. The molecule has 0 spiro atoms. The maximum atomic E-state index is 12.3. The Hall–Kier alpha value is -2.96. The van der Waals surface area contributed by atoms with E-state index in [1.807, 2.05) is 0 Å². The lowest BCUT2D eigenvalue weighted by Gasteiger charge is -2.13. The minimum atomic E-state index is -0.478. The first-order valence-electron chi connectivity index (χ1n) is 7.87. The minimum Gasteiger partial charge on any atom is -0.338 e. The molecule has 122 valence electrons. The summed E-state index contributed by atoms with van der Waals surface area (Å²) in [5, 5.41) is 6.60. The summed E-state index contributed by atoms with van der Waals surface area (Å²) in [6.07, 6.45) is 3.73. The molecular weight excluding hydrogens is 310 g/mol. The highest BCUT2D eigenvalue weighted by Gasteiger charge is 2.36. The highest BCUT2D eigenvalue weighted by Crippen LogP contribution is 2.28. The third-order valence-corrected chi connectivity index (χ3v) is 4.39. The van der Waals surface area contributed by atoms with Crippen molar-refractivity contribution in [2.24, 2.45) is 0 Å². The fourth-order valence-electron chi connectivity index (χ4n) is 3.18. The Labute approximate surface area is 137 Å². The van der Waals surface area contributed by atoms with E-state index in [1.54, 1.807) is 24.3 Å². The number of nitrogens with one attached hydrogen (secondary N) is 1. The van der Waals surface area contributed by atoms with Gasteiger partial charge in [0.1, 0.15) is 6.54 Å². The molecule has 4 rings (SSSR count). The average Bonchev–Trinajstić information content (AvgIpc) is 3.11. The topological polar surface area (TPSA) is 92.5 Å². The number of hydrogen-bond donors (Lipinski definition) is 1. The van der Waals surface area contributed by atoms with Crippen molar-refractivity contribution in [2.45, 2.75) is 25.7 Å². The molecule has 2 heterocycles. The van der Waals surface area contributed by atoms with Gasteiger partial charge in [-0.15, -0.1) is 0 Å². The van der Waals surface area contributed by atoms with Crippen LogP contribution in [0.3, 0.4) is 0 Å². The first-order valence-corrected chi connectivity index (χ1v) is 7.87. The van der Waals surface area contributed by atoms with Gasteiger partial charge in [-0.1, -0.05) is 17.3 Å². The predicted molar refractivity (Wildman–Crippen MR) is 83.6 cm³/mol. The van der Waals surface area contributed by atoms with E-state index in [1.165, 1.54) is 0 Å². The van der Waals surface area contributed by atoms with Crippen molar-refractivity contribution in [3.8, 4) is 0 Å². The van der Waals surface area contributed by atoms with Gasteiger partial charge in [0.05, 0.1) is 16.8 Å². The van der Waals surface area contributed by atoms with Crippen molar-refractivity contribution in [1.29, 1.82) is 0 Å². The quantitative estimate of drug-likeness (QED) is 0.869. The number of aryl methyl sites for hydroxylation is 1. The summed E-state index contributed by atoms with van der Waals surface area (Å²) in [4.78, 5) is 37.7. The Morgan fingerprint density at radius 3 is 2.50 bits per heavy atom. The van der Waals surface area contributed by atoms with E-state index in [-0.39, 0.29) is 6.54 Å². The average molecular weight is 325 g/mol. The first-order chi connectivity index (χ1) is 11.6. The molecule has 1 aliphatic carbocycles. The molecule has 0 saturated carbocycles. The molecule has 1 aromatic heterocycles. The fourth-order valence-corrected chi connectivity index (χ4v) is 3.18. The summed E-state index contributed by atoms with van der Waals surface area (Å²) >= 11 is 0. The highest BCUT2D eigenvalue weighted by molar-refractivity contribution is 6.22. The lowest BCUT2D eigenvalue weighted by molar-refractivity contribution is -0.116. The molecule has 2 aliphatic rings. The Morgan fingerprint density at radius 1 is 1.12 bits per heavy atom. The van der Waals surface area contributed by atoms with Crippen LogP contribution >= 0.6 is 0 Å². The summed E-state index contributed by atoms with van der Waals surface area (Å²) in [7, 11) is 0. The predicted octanol–water partition coefficient (Wildman–Crippen LogP) is 1.79. The second-order valence-corrected chi connectivity index (χ2v) is 5.93. The van der Waals surface area contributed by atoms with E-state index in [9.17, 15) is 14.4 Å². The number of amides is 3. The Bertz CT molecular complexity index is 820. The summed E-state index contributed by atoms with van der Waals surface area (Å²) < 4.78 is 5.20. The largest absolute Gasteiger partial charge is 0.338 e. The Balaban J connectivity index is 1.49. The van der Waals surface area contributed by atoms with Gasteiger partial charge in [0.25, 0.3) is 11.8 Å². The molecule has 7 nitrogen and oxygen atoms in total. The summed E-state index contributed by atoms with van der Waals surface area (Å²) in [5.41, 5.74) is 2.44. The molecule has 0 unspecified atom stereocenters. The molecule has 7 heteroatoms. The van der Waals surface area contributed by atoms with Crippen LogP contribution in [0.15, 0.2) is 28.8 Å². The first kappa shape index (κ1) is 14.6. The van der Waals surface area contributed by atoms with Crippen molar-refractivity contribution >= 4 is 23.6 Å². The van der Waals surface area contributed by atoms with E-state index in [0.29, 0.717) is 17.0 Å². The number of carbonyl (C=O) groups is 3. The third kappa shape index (κ3) is 2.29. The van der Waals surface area contributed by atoms with Crippen LogP contribution in [-0.2, 0) is 17.6 Å². The molecule has 0 atom stereocenters. The summed E-state index contributed by atoms with van der Waals surface area (Å²) in [5.74, 6) is -1.06. The molecule has 0 saturated heterocycles. The second-order valence-electron chi connectivity index (χ2n) is 5.93. The van der Waals surface area contributed by atoms with E-state index in [2.05, 4.69) is 10.5 Å². The second kappa shape index (κ2) is 5.59. The zero-order valence-electron chi connectivity index (χ0n) is 12.9. The fraction of sp³-hybridized carbons (Fsp3) is 0.294. The SMILES string of the molecule is O=C(CN1C(=O)c2ccccc2C1=O)Nc1onc2c1CCCC2. The Kier molecular flexibility index (Phi) is 3.41. The van der Waals surface area contributed by atoms with Crippen LogP contribution in [0, 0.1) is 0 Å². The van der Waals surface area contributed by atoms with Gasteiger partial charge in [-0.3, -0.25) is 24.6 Å². The zero-order chi connectivity index (χ0) is 16.7. The lowest BCUT2D eigenvalue weighted by Crippen LogP contribution is -2.37. The maximum Gasteiger partial charge on any atom is 0.262 e. The standard InChI is InChI=1S/C17H15N3O4/c21-14(18-15-12-7-3-4-8-13(12)19-24-15)9-20-16(22)10-5-1-2-6-11(10)17(20)23/h1-2,5-6H,3-4,7-9H2,(H,18,21). The van der Waals surface area contributed by atoms with Gasteiger partial charge in [0.15, 0.2) is 0 Å². The van der Waals surface area contributed by atoms with Crippen LogP contribution in [0.5, 0.6) is 0 Å². The zero-order valence-corrected chi connectivity index (χ0v) is 12.9. The van der Waals surface area contributed by atoms with Gasteiger partial charge in [0.2, 0.25) is 11.8 Å². The van der Waals surface area contributed by atoms with Crippen molar-refractivity contribution < 1.29 is 18.9 Å². The molecule has 24 heavy (non-hydrogen) atoms. The van der Waals surface area contributed by atoms with Crippen LogP contribution in [0.1, 0.15) is 44.8 Å². The van der Waals surface area contributed by atoms with Crippen molar-refractivity contribution in [2.75, 3.05) is 11.9 Å². The molecule has 2 aromatic rings. The van der Waals surface area contributed by atoms with E-state index < -0.39 is 17.7 Å². The summed E-state index contributed by atoms with van der Waals surface area (Å²) in [6, 6.07) is 6.55. The number of aromatic nitrogens is 1. The smallest absolute Gasteiger partial charge is 0.262 e. The van der Waals surface area contributed by atoms with Crippen LogP contribution in [0.2, 0.25) is 0 Å². The lowest BCUT2D eigenvalue weighted by atomic mass is 9.98. The van der Waals surface area contributed by atoms with E-state index >= 15 is 0 Å². The number of imide groups is 1. The monoisotopic (exact) mass is 325 g/mol. The van der Waals surface area contributed by atoms with Crippen LogP contribution in [0.4, 0.5) is 5.88 Å². The van der Waals surface area contributed by atoms with Gasteiger partial charge in [-0.05, 0) is 37.8 Å². The molecular formula is C17H15N3O4. The van der Waals surface area contributed by atoms with E-state index in [4.69, 9.17) is 4.52 Å². The third-order valence-electron chi connectivity index (χ3n) is 4.39. The number of anilines is 1.